The number of H-pyrrole nitrogens is 1. The van der Waals surface area contributed by atoms with Gasteiger partial charge in [-0.2, -0.15) is 0 Å². The smallest absolute Gasteiger partial charge is 0.191 e. The molecule has 8 heteroatoms. The highest BCUT2D eigenvalue weighted by Crippen LogP contribution is 2.22. The van der Waals surface area contributed by atoms with Crippen molar-refractivity contribution in [2.24, 2.45) is 4.99 Å². The lowest BCUT2D eigenvalue weighted by Gasteiger charge is -2.18. The Morgan fingerprint density at radius 2 is 2.00 bits per heavy atom. The van der Waals surface area contributed by atoms with Gasteiger partial charge in [-0.25, -0.2) is 8.78 Å². The van der Waals surface area contributed by atoms with Gasteiger partial charge in [0.05, 0.1) is 13.2 Å². The molecule has 0 aliphatic carbocycles. The van der Waals surface area contributed by atoms with Crippen LogP contribution in [0.2, 0.25) is 0 Å². The molecule has 3 N–H and O–H groups in total. The van der Waals surface area contributed by atoms with Crippen LogP contribution in [0.1, 0.15) is 24.1 Å². The predicted molar refractivity (Wildman–Crippen MR) is 123 cm³/mol. The fourth-order valence-corrected chi connectivity index (χ4v) is 3.11. The van der Waals surface area contributed by atoms with Crippen molar-refractivity contribution in [1.29, 1.82) is 0 Å². The third-order valence-corrected chi connectivity index (χ3v) is 4.67. The van der Waals surface area contributed by atoms with E-state index in [1.165, 1.54) is 25.3 Å². The predicted octanol–water partition coefficient (Wildman–Crippen LogP) is 4.54. The molecule has 0 aliphatic heterocycles. The van der Waals surface area contributed by atoms with Crippen LogP contribution in [-0.2, 0) is 6.42 Å². The average Bonchev–Trinajstić information content (AvgIpc) is 3.09. The monoisotopic (exact) mass is 514 g/mol. The molecule has 29 heavy (non-hydrogen) atoms. The number of ether oxygens (including phenoxy) is 1. The Kier molecular flexibility index (Phi) is 8.24. The van der Waals surface area contributed by atoms with Crippen LogP contribution in [0.5, 0.6) is 5.75 Å². The van der Waals surface area contributed by atoms with Crippen molar-refractivity contribution in [1.82, 2.24) is 15.6 Å². The molecule has 0 spiro atoms. The number of benzene rings is 2. The summed E-state index contributed by atoms with van der Waals surface area (Å²) in [6.07, 6.45) is 2.60. The highest BCUT2D eigenvalue weighted by Gasteiger charge is 2.11. The number of aromatic nitrogens is 1. The van der Waals surface area contributed by atoms with E-state index in [0.717, 1.165) is 22.0 Å². The quantitative estimate of drug-likeness (QED) is 0.257. The first-order valence-electron chi connectivity index (χ1n) is 9.08. The van der Waals surface area contributed by atoms with Crippen LogP contribution >= 0.6 is 24.0 Å². The second-order valence-electron chi connectivity index (χ2n) is 6.51. The maximum Gasteiger partial charge on any atom is 0.191 e. The van der Waals surface area contributed by atoms with E-state index in [9.17, 15) is 8.78 Å². The SMILES string of the molecule is CN=C(NCCc1c[nH]c2ccc(F)cc12)NC(C)c1ccc(OC)c(F)c1.I. The number of guanidine groups is 1. The van der Waals surface area contributed by atoms with Gasteiger partial charge in [0, 0.05) is 30.7 Å². The van der Waals surface area contributed by atoms with Gasteiger partial charge in [-0.15, -0.1) is 24.0 Å². The van der Waals surface area contributed by atoms with E-state index >= 15 is 0 Å². The molecule has 0 amide bonds. The van der Waals surface area contributed by atoms with Gasteiger partial charge in [-0.1, -0.05) is 6.07 Å². The van der Waals surface area contributed by atoms with E-state index in [2.05, 4.69) is 20.6 Å². The van der Waals surface area contributed by atoms with Gasteiger partial charge in [0.2, 0.25) is 0 Å². The lowest BCUT2D eigenvalue weighted by atomic mass is 10.1. The second-order valence-corrected chi connectivity index (χ2v) is 6.51. The van der Waals surface area contributed by atoms with E-state index in [0.29, 0.717) is 18.9 Å². The van der Waals surface area contributed by atoms with Crippen LogP contribution in [0.15, 0.2) is 47.6 Å². The molecule has 0 aliphatic rings. The summed E-state index contributed by atoms with van der Waals surface area (Å²) >= 11 is 0. The van der Waals surface area contributed by atoms with Crippen LogP contribution in [-0.4, -0.2) is 31.6 Å². The zero-order valence-electron chi connectivity index (χ0n) is 16.6. The van der Waals surface area contributed by atoms with Crippen molar-refractivity contribution in [3.05, 3.63) is 65.4 Å². The third kappa shape index (κ3) is 5.59. The zero-order valence-corrected chi connectivity index (χ0v) is 18.9. The standard InChI is InChI=1S/C21H24F2N4O.HI/c1-13(14-4-7-20(28-3)18(23)10-14)27-21(24-2)25-9-8-15-12-26-19-6-5-16(22)11-17(15)19;/h4-7,10-13,26H,8-9H2,1-3H3,(H2,24,25,27);1H. The Labute approximate surface area is 186 Å². The molecule has 1 aromatic heterocycles. The molecule has 0 bridgehead atoms. The van der Waals surface area contributed by atoms with Crippen molar-refractivity contribution in [3.8, 4) is 5.75 Å². The molecule has 0 saturated heterocycles. The summed E-state index contributed by atoms with van der Waals surface area (Å²) < 4.78 is 32.4. The van der Waals surface area contributed by atoms with E-state index in [1.54, 1.807) is 19.2 Å². The van der Waals surface area contributed by atoms with Crippen molar-refractivity contribution < 1.29 is 13.5 Å². The summed E-state index contributed by atoms with van der Waals surface area (Å²) in [7, 11) is 3.12. The van der Waals surface area contributed by atoms with Gasteiger partial charge in [0.15, 0.2) is 17.5 Å². The molecule has 1 atom stereocenters. The Hall–Kier alpha value is -2.36. The molecule has 1 unspecified atom stereocenters. The van der Waals surface area contributed by atoms with Crippen LogP contribution in [0.4, 0.5) is 8.78 Å². The van der Waals surface area contributed by atoms with Crippen LogP contribution < -0.4 is 15.4 Å². The minimum absolute atomic E-state index is 0. The number of hydrogen-bond donors (Lipinski definition) is 3. The minimum atomic E-state index is -0.400. The molecule has 0 saturated carbocycles. The highest BCUT2D eigenvalue weighted by molar-refractivity contribution is 14.0. The second kappa shape index (κ2) is 10.4. The molecular weight excluding hydrogens is 489 g/mol. The van der Waals surface area contributed by atoms with E-state index < -0.39 is 5.82 Å². The molecule has 2 aromatic carbocycles. The number of halogens is 3. The molecular formula is C21H25F2IN4O. The number of aromatic amines is 1. The van der Waals surface area contributed by atoms with E-state index in [-0.39, 0.29) is 41.6 Å². The summed E-state index contributed by atoms with van der Waals surface area (Å²) in [5.74, 6) is 0.172. The first-order chi connectivity index (χ1) is 13.5. The zero-order chi connectivity index (χ0) is 20.1. The normalized spacial score (nSPS) is 12.4. The molecule has 156 valence electrons. The molecule has 0 radical (unpaired) electrons. The largest absolute Gasteiger partial charge is 0.494 e. The molecule has 5 nitrogen and oxygen atoms in total. The highest BCUT2D eigenvalue weighted by atomic mass is 127. The van der Waals surface area contributed by atoms with Crippen LogP contribution in [0, 0.1) is 11.6 Å². The average molecular weight is 514 g/mol. The molecule has 1 heterocycles. The van der Waals surface area contributed by atoms with Gasteiger partial charge >= 0.3 is 0 Å². The van der Waals surface area contributed by atoms with Crippen LogP contribution in [0.3, 0.4) is 0 Å². The Balaban J connectivity index is 0.00000300. The number of methoxy groups -OCH3 is 1. The first kappa shape index (κ1) is 22.9. The Morgan fingerprint density at radius 1 is 1.21 bits per heavy atom. The molecule has 3 aromatic rings. The lowest BCUT2D eigenvalue weighted by Crippen LogP contribution is -2.39. The number of nitrogens with zero attached hydrogens (tertiary/aromatic N) is 1. The van der Waals surface area contributed by atoms with E-state index in [4.69, 9.17) is 4.74 Å². The molecule has 3 rings (SSSR count). The Morgan fingerprint density at radius 3 is 2.69 bits per heavy atom. The summed E-state index contributed by atoms with van der Waals surface area (Å²) in [6.45, 7) is 2.55. The third-order valence-electron chi connectivity index (χ3n) is 4.67. The maximum absolute atomic E-state index is 13.9. The summed E-state index contributed by atoms with van der Waals surface area (Å²) in [5.41, 5.74) is 2.73. The number of nitrogens with one attached hydrogen (secondary N) is 3. The minimum Gasteiger partial charge on any atom is -0.494 e. The van der Waals surface area contributed by atoms with Gasteiger partial charge in [0.1, 0.15) is 5.82 Å². The number of fused-ring (bicyclic) bond motifs is 1. The molecule has 0 fully saturated rings. The van der Waals surface area contributed by atoms with Crippen molar-refractivity contribution >= 4 is 40.8 Å². The summed E-state index contributed by atoms with van der Waals surface area (Å²) in [5, 5.41) is 7.36. The summed E-state index contributed by atoms with van der Waals surface area (Å²) in [6, 6.07) is 9.43. The van der Waals surface area contributed by atoms with Crippen molar-refractivity contribution in [3.63, 3.8) is 0 Å². The van der Waals surface area contributed by atoms with Gasteiger partial charge < -0.3 is 20.4 Å². The van der Waals surface area contributed by atoms with E-state index in [1.807, 2.05) is 19.2 Å². The topological polar surface area (TPSA) is 61.4 Å². The summed E-state index contributed by atoms with van der Waals surface area (Å²) in [4.78, 5) is 7.36. The van der Waals surface area contributed by atoms with Crippen molar-refractivity contribution in [2.75, 3.05) is 20.7 Å². The van der Waals surface area contributed by atoms with Gasteiger partial charge in [-0.3, -0.25) is 4.99 Å². The number of aliphatic imine (C=N–C) groups is 1. The number of rotatable bonds is 6. The maximum atomic E-state index is 13.9. The lowest BCUT2D eigenvalue weighted by molar-refractivity contribution is 0.386. The van der Waals surface area contributed by atoms with Crippen molar-refractivity contribution in [2.45, 2.75) is 19.4 Å². The number of hydrogen-bond acceptors (Lipinski definition) is 2. The van der Waals surface area contributed by atoms with Gasteiger partial charge in [-0.05, 0) is 54.8 Å². The van der Waals surface area contributed by atoms with Crippen LogP contribution in [0.25, 0.3) is 10.9 Å². The fourth-order valence-electron chi connectivity index (χ4n) is 3.11. The Bertz CT molecular complexity index is 990. The van der Waals surface area contributed by atoms with Gasteiger partial charge in [0.25, 0.3) is 0 Å². The fraction of sp³-hybridized carbons (Fsp3) is 0.286. The first-order valence-corrected chi connectivity index (χ1v) is 9.08.